The maximum atomic E-state index is 12.9. The fourth-order valence-corrected chi connectivity index (χ4v) is 2.53. The molecule has 114 valence electrons. The van der Waals surface area contributed by atoms with Crippen LogP contribution in [0.3, 0.4) is 0 Å². The molecule has 0 spiro atoms. The Morgan fingerprint density at radius 3 is 2.90 bits per heavy atom. The predicted molar refractivity (Wildman–Crippen MR) is 73.4 cm³/mol. The van der Waals surface area contributed by atoms with E-state index in [0.717, 1.165) is 6.42 Å². The van der Waals surface area contributed by atoms with E-state index in [0.29, 0.717) is 18.6 Å². The molecular weight excluding hydrogens is 277 g/mol. The summed E-state index contributed by atoms with van der Waals surface area (Å²) in [6.45, 7) is 0.125. The number of rotatable bonds is 6. The molecule has 1 fully saturated rings. The minimum Gasteiger partial charge on any atom is -0.493 e. The average molecular weight is 295 g/mol. The summed E-state index contributed by atoms with van der Waals surface area (Å²) >= 11 is 0. The maximum Gasteiger partial charge on any atom is 0.308 e. The van der Waals surface area contributed by atoms with Crippen LogP contribution in [0.25, 0.3) is 0 Å². The highest BCUT2D eigenvalue weighted by Crippen LogP contribution is 2.25. The fourth-order valence-electron chi connectivity index (χ4n) is 2.53. The van der Waals surface area contributed by atoms with E-state index >= 15 is 0 Å². The van der Waals surface area contributed by atoms with Crippen molar-refractivity contribution in [2.75, 3.05) is 6.61 Å². The smallest absolute Gasteiger partial charge is 0.308 e. The van der Waals surface area contributed by atoms with E-state index in [1.54, 1.807) is 6.07 Å². The summed E-state index contributed by atoms with van der Waals surface area (Å²) in [7, 11) is 0. The van der Waals surface area contributed by atoms with Crippen LogP contribution in [0.4, 0.5) is 4.39 Å². The van der Waals surface area contributed by atoms with Gasteiger partial charge >= 0.3 is 5.97 Å². The molecule has 0 saturated heterocycles. The van der Waals surface area contributed by atoms with E-state index in [4.69, 9.17) is 9.84 Å². The second-order valence-corrected chi connectivity index (χ2v) is 5.11. The van der Waals surface area contributed by atoms with E-state index in [-0.39, 0.29) is 25.0 Å². The summed E-state index contributed by atoms with van der Waals surface area (Å²) in [6, 6.07) is 5.39. The number of amides is 1. The molecule has 0 radical (unpaired) electrons. The molecule has 1 aromatic rings. The van der Waals surface area contributed by atoms with Crippen LogP contribution >= 0.6 is 0 Å². The third-order valence-corrected chi connectivity index (χ3v) is 3.57. The summed E-state index contributed by atoms with van der Waals surface area (Å²) in [5.41, 5.74) is 0. The topological polar surface area (TPSA) is 75.6 Å². The normalized spacial score (nSPS) is 21.0. The van der Waals surface area contributed by atoms with Gasteiger partial charge in [-0.1, -0.05) is 12.5 Å². The van der Waals surface area contributed by atoms with Gasteiger partial charge in [0.15, 0.2) is 0 Å². The van der Waals surface area contributed by atoms with E-state index in [1.807, 2.05) is 0 Å². The molecule has 21 heavy (non-hydrogen) atoms. The Balaban J connectivity index is 1.74. The zero-order chi connectivity index (χ0) is 15.2. The molecule has 6 heteroatoms. The second-order valence-electron chi connectivity index (χ2n) is 5.11. The van der Waals surface area contributed by atoms with Crippen LogP contribution in [-0.4, -0.2) is 29.6 Å². The lowest BCUT2D eigenvalue weighted by Gasteiger charge is -2.17. The molecule has 5 nitrogen and oxygen atoms in total. The molecule has 2 atom stereocenters. The molecule has 1 aliphatic carbocycles. The Hall–Kier alpha value is -2.11. The van der Waals surface area contributed by atoms with Crippen LogP contribution in [0.15, 0.2) is 24.3 Å². The Labute approximate surface area is 122 Å². The highest BCUT2D eigenvalue weighted by atomic mass is 19.1. The number of aliphatic carboxylic acids is 1. The molecule has 1 amide bonds. The summed E-state index contributed by atoms with van der Waals surface area (Å²) in [6.07, 6.45) is 2.20. The van der Waals surface area contributed by atoms with Crippen molar-refractivity contribution in [2.24, 2.45) is 5.92 Å². The summed E-state index contributed by atoms with van der Waals surface area (Å²) < 4.78 is 18.2. The van der Waals surface area contributed by atoms with Gasteiger partial charge in [-0.15, -0.1) is 0 Å². The lowest BCUT2D eigenvalue weighted by atomic mass is 10.0. The first-order chi connectivity index (χ1) is 10.1. The average Bonchev–Trinajstić information content (AvgIpc) is 2.87. The van der Waals surface area contributed by atoms with Crippen molar-refractivity contribution in [2.45, 2.75) is 31.7 Å². The van der Waals surface area contributed by atoms with Crippen LogP contribution in [0.2, 0.25) is 0 Å². The Bertz CT molecular complexity index is 520. The zero-order valence-corrected chi connectivity index (χ0v) is 11.5. The largest absolute Gasteiger partial charge is 0.493 e. The van der Waals surface area contributed by atoms with E-state index in [2.05, 4.69) is 5.32 Å². The molecule has 0 aliphatic heterocycles. The molecule has 2 rings (SSSR count). The van der Waals surface area contributed by atoms with Crippen molar-refractivity contribution in [3.05, 3.63) is 30.1 Å². The van der Waals surface area contributed by atoms with E-state index < -0.39 is 17.7 Å². The van der Waals surface area contributed by atoms with Crippen molar-refractivity contribution in [3.63, 3.8) is 0 Å². The van der Waals surface area contributed by atoms with Crippen LogP contribution < -0.4 is 10.1 Å². The number of hydrogen-bond donors (Lipinski definition) is 2. The molecule has 0 bridgehead atoms. The van der Waals surface area contributed by atoms with Gasteiger partial charge in [-0.3, -0.25) is 9.59 Å². The summed E-state index contributed by atoms with van der Waals surface area (Å²) in [5.74, 6) is -1.64. The van der Waals surface area contributed by atoms with Crippen molar-refractivity contribution in [1.29, 1.82) is 0 Å². The summed E-state index contributed by atoms with van der Waals surface area (Å²) in [4.78, 5) is 22.8. The highest BCUT2D eigenvalue weighted by Gasteiger charge is 2.33. The SMILES string of the molecule is O=C(CCOc1cccc(F)c1)NC1CCCC1C(=O)O. The zero-order valence-electron chi connectivity index (χ0n) is 11.5. The summed E-state index contributed by atoms with van der Waals surface area (Å²) in [5, 5.41) is 11.8. The Morgan fingerprint density at radius 1 is 1.38 bits per heavy atom. The Kier molecular flexibility index (Phi) is 5.14. The maximum absolute atomic E-state index is 12.9. The fraction of sp³-hybridized carbons (Fsp3) is 0.467. The second kappa shape index (κ2) is 7.06. The van der Waals surface area contributed by atoms with Gasteiger partial charge in [-0.05, 0) is 25.0 Å². The standard InChI is InChI=1S/C15H18FNO4/c16-10-3-1-4-11(9-10)21-8-7-14(18)17-13-6-2-5-12(13)15(19)20/h1,3-4,9,12-13H,2,5-8H2,(H,17,18)(H,19,20). The first-order valence-electron chi connectivity index (χ1n) is 6.97. The first-order valence-corrected chi connectivity index (χ1v) is 6.97. The van der Waals surface area contributed by atoms with Crippen LogP contribution in [-0.2, 0) is 9.59 Å². The van der Waals surface area contributed by atoms with Crippen molar-refractivity contribution in [1.82, 2.24) is 5.32 Å². The molecule has 0 aromatic heterocycles. The third kappa shape index (κ3) is 4.44. The van der Waals surface area contributed by atoms with Gasteiger partial charge in [-0.2, -0.15) is 0 Å². The van der Waals surface area contributed by atoms with Gasteiger partial charge in [0.1, 0.15) is 11.6 Å². The highest BCUT2D eigenvalue weighted by molar-refractivity contribution is 5.78. The number of hydrogen-bond acceptors (Lipinski definition) is 3. The number of carbonyl (C=O) groups excluding carboxylic acids is 1. The number of benzene rings is 1. The number of carbonyl (C=O) groups is 2. The third-order valence-electron chi connectivity index (χ3n) is 3.57. The molecule has 1 saturated carbocycles. The number of nitrogens with one attached hydrogen (secondary N) is 1. The van der Waals surface area contributed by atoms with Crippen LogP contribution in [0, 0.1) is 11.7 Å². The van der Waals surface area contributed by atoms with Gasteiger partial charge in [0.25, 0.3) is 0 Å². The van der Waals surface area contributed by atoms with Gasteiger partial charge in [-0.25, -0.2) is 4.39 Å². The number of carboxylic acid groups (broad SMARTS) is 1. The number of ether oxygens (including phenoxy) is 1. The van der Waals surface area contributed by atoms with Gasteiger partial charge in [0.2, 0.25) is 5.91 Å². The van der Waals surface area contributed by atoms with Crippen molar-refractivity contribution >= 4 is 11.9 Å². The monoisotopic (exact) mass is 295 g/mol. The lowest BCUT2D eigenvalue weighted by molar-refractivity contribution is -0.142. The van der Waals surface area contributed by atoms with Crippen LogP contribution in [0.1, 0.15) is 25.7 Å². The van der Waals surface area contributed by atoms with E-state index in [9.17, 15) is 14.0 Å². The molecule has 2 unspecified atom stereocenters. The van der Waals surface area contributed by atoms with E-state index in [1.165, 1.54) is 18.2 Å². The van der Waals surface area contributed by atoms with Gasteiger partial charge in [0.05, 0.1) is 18.9 Å². The molecule has 2 N–H and O–H groups in total. The van der Waals surface area contributed by atoms with Crippen LogP contribution in [0.5, 0.6) is 5.75 Å². The van der Waals surface area contributed by atoms with Crippen molar-refractivity contribution < 1.29 is 23.8 Å². The quantitative estimate of drug-likeness (QED) is 0.841. The number of carboxylic acids is 1. The molecule has 1 aliphatic rings. The first kappa shape index (κ1) is 15.3. The molecular formula is C15H18FNO4. The van der Waals surface area contributed by atoms with Gasteiger partial charge in [0, 0.05) is 12.1 Å². The molecule has 1 aromatic carbocycles. The van der Waals surface area contributed by atoms with Crippen molar-refractivity contribution in [3.8, 4) is 5.75 Å². The molecule has 0 heterocycles. The minimum absolute atomic E-state index is 0.110. The lowest BCUT2D eigenvalue weighted by Crippen LogP contribution is -2.40. The Morgan fingerprint density at radius 2 is 2.19 bits per heavy atom. The predicted octanol–water partition coefficient (Wildman–Crippen LogP) is 1.96. The minimum atomic E-state index is -0.867. The van der Waals surface area contributed by atoms with Gasteiger partial charge < -0.3 is 15.2 Å². The number of halogens is 1.